The molecule has 1 aromatic heterocycles. The highest BCUT2D eigenvalue weighted by atomic mass is 16.6. The molecular weight excluding hydrogens is 234 g/mol. The number of aromatic nitrogens is 2. The van der Waals surface area contributed by atoms with E-state index < -0.39 is 0 Å². The fraction of sp³-hybridized carbons (Fsp3) is 0.250. The first kappa shape index (κ1) is 10.8. The van der Waals surface area contributed by atoms with Crippen molar-refractivity contribution >= 4 is 5.82 Å². The molecule has 0 radical (unpaired) electrons. The van der Waals surface area contributed by atoms with Gasteiger partial charge in [-0.1, -0.05) is 0 Å². The number of hydrogen-bond acceptors (Lipinski definition) is 5. The summed E-state index contributed by atoms with van der Waals surface area (Å²) in [5.74, 6) is 1.78. The summed E-state index contributed by atoms with van der Waals surface area (Å²) in [6.45, 7) is 0.990. The Labute approximate surface area is 104 Å². The lowest BCUT2D eigenvalue weighted by Gasteiger charge is -2.19. The molecule has 0 atom stereocenters. The van der Waals surface area contributed by atoms with Gasteiger partial charge in [-0.15, -0.1) is 0 Å². The lowest BCUT2D eigenvalue weighted by atomic mass is 10.1. The highest BCUT2D eigenvalue weighted by molar-refractivity contribution is 5.72. The Kier molecular flexibility index (Phi) is 2.29. The van der Waals surface area contributed by atoms with Crippen molar-refractivity contribution in [1.29, 1.82) is 0 Å². The monoisotopic (exact) mass is 247 g/mol. The second-order valence-electron chi connectivity index (χ2n) is 4.09. The Balaban J connectivity index is 2.11. The second-order valence-corrected chi connectivity index (χ2v) is 4.09. The van der Waals surface area contributed by atoms with Crippen molar-refractivity contribution in [2.75, 3.05) is 18.9 Å². The number of rotatable bonds is 1. The molecule has 0 aliphatic carbocycles. The van der Waals surface area contributed by atoms with E-state index in [1.54, 1.807) is 23.9 Å². The van der Waals surface area contributed by atoms with Gasteiger partial charge in [0.1, 0.15) is 24.8 Å². The van der Waals surface area contributed by atoms with E-state index in [4.69, 9.17) is 15.2 Å². The molecule has 1 aliphatic heterocycles. The zero-order valence-corrected chi connectivity index (χ0v) is 9.88. The number of hydrogen-bond donors (Lipinski definition) is 2. The van der Waals surface area contributed by atoms with Gasteiger partial charge in [-0.05, 0) is 6.07 Å². The van der Waals surface area contributed by atoms with Gasteiger partial charge in [0.2, 0.25) is 0 Å². The summed E-state index contributed by atoms with van der Waals surface area (Å²) in [5.41, 5.74) is 6.91. The predicted molar refractivity (Wildman–Crippen MR) is 65.7 cm³/mol. The molecule has 3 N–H and O–H groups in total. The fourth-order valence-corrected chi connectivity index (χ4v) is 1.90. The SMILES string of the molecule is Cn1nc(-c2cc3c(cc2O)OCCO3)cc1N. The zero-order valence-electron chi connectivity index (χ0n) is 9.88. The summed E-state index contributed by atoms with van der Waals surface area (Å²) < 4.78 is 12.4. The van der Waals surface area contributed by atoms with Gasteiger partial charge < -0.3 is 20.3 Å². The summed E-state index contributed by atoms with van der Waals surface area (Å²) in [6, 6.07) is 4.95. The average Bonchev–Trinajstić information content (AvgIpc) is 2.68. The molecule has 18 heavy (non-hydrogen) atoms. The van der Waals surface area contributed by atoms with E-state index in [2.05, 4.69) is 5.10 Å². The molecule has 0 amide bonds. The van der Waals surface area contributed by atoms with Crippen molar-refractivity contribution in [1.82, 2.24) is 9.78 Å². The van der Waals surface area contributed by atoms with Gasteiger partial charge in [-0.25, -0.2) is 0 Å². The first-order valence-corrected chi connectivity index (χ1v) is 5.57. The van der Waals surface area contributed by atoms with Crippen molar-refractivity contribution in [3.63, 3.8) is 0 Å². The van der Waals surface area contributed by atoms with Crippen molar-refractivity contribution in [2.24, 2.45) is 7.05 Å². The second kappa shape index (κ2) is 3.83. The van der Waals surface area contributed by atoms with Crippen molar-refractivity contribution in [3.8, 4) is 28.5 Å². The minimum atomic E-state index is 0.0948. The first-order chi connectivity index (χ1) is 8.65. The van der Waals surface area contributed by atoms with Crippen LogP contribution in [-0.4, -0.2) is 28.1 Å². The van der Waals surface area contributed by atoms with Crippen LogP contribution in [0.15, 0.2) is 18.2 Å². The number of benzene rings is 1. The van der Waals surface area contributed by atoms with Gasteiger partial charge in [0.25, 0.3) is 0 Å². The topological polar surface area (TPSA) is 82.5 Å². The van der Waals surface area contributed by atoms with Crippen LogP contribution in [0.1, 0.15) is 0 Å². The van der Waals surface area contributed by atoms with Gasteiger partial charge >= 0.3 is 0 Å². The standard InChI is InChI=1S/C12H13N3O3/c1-15-12(13)5-8(14-15)7-4-10-11(6-9(7)16)18-3-2-17-10/h4-6,16H,2-3,13H2,1H3. The van der Waals surface area contributed by atoms with Crippen LogP contribution < -0.4 is 15.2 Å². The molecule has 6 nitrogen and oxygen atoms in total. The number of nitrogen functional groups attached to an aromatic ring is 1. The molecule has 0 fully saturated rings. The van der Waals surface area contributed by atoms with E-state index in [-0.39, 0.29) is 5.75 Å². The molecule has 1 aliphatic rings. The molecule has 0 saturated heterocycles. The smallest absolute Gasteiger partial charge is 0.165 e. The van der Waals surface area contributed by atoms with E-state index in [9.17, 15) is 5.11 Å². The van der Waals surface area contributed by atoms with Crippen molar-refractivity contribution in [2.45, 2.75) is 0 Å². The van der Waals surface area contributed by atoms with Crippen molar-refractivity contribution < 1.29 is 14.6 Å². The molecule has 2 heterocycles. The zero-order chi connectivity index (χ0) is 12.7. The van der Waals surface area contributed by atoms with Crippen LogP contribution >= 0.6 is 0 Å². The molecule has 0 bridgehead atoms. The molecule has 3 rings (SSSR count). The molecule has 0 unspecified atom stereocenters. The van der Waals surface area contributed by atoms with Crippen LogP contribution in [0.3, 0.4) is 0 Å². The normalized spacial score (nSPS) is 13.6. The summed E-state index contributed by atoms with van der Waals surface area (Å²) in [7, 11) is 1.74. The minimum Gasteiger partial charge on any atom is -0.507 e. The van der Waals surface area contributed by atoms with E-state index in [0.717, 1.165) is 0 Å². The number of nitrogens with zero attached hydrogens (tertiary/aromatic N) is 2. The highest BCUT2D eigenvalue weighted by Crippen LogP contribution is 2.40. The number of phenolic OH excluding ortho intramolecular Hbond substituents is 1. The third-order valence-electron chi connectivity index (χ3n) is 2.85. The predicted octanol–water partition coefficient (Wildman–Crippen LogP) is 1.15. The molecule has 1 aromatic carbocycles. The number of fused-ring (bicyclic) bond motifs is 1. The van der Waals surface area contributed by atoms with Gasteiger partial charge in [-0.2, -0.15) is 5.10 Å². The Morgan fingerprint density at radius 2 is 1.89 bits per heavy atom. The Morgan fingerprint density at radius 3 is 2.50 bits per heavy atom. The van der Waals surface area contributed by atoms with Gasteiger partial charge in [0, 0.05) is 24.7 Å². The van der Waals surface area contributed by atoms with E-state index in [1.165, 1.54) is 6.07 Å². The third-order valence-corrected chi connectivity index (χ3v) is 2.85. The van der Waals surface area contributed by atoms with Gasteiger partial charge in [-0.3, -0.25) is 4.68 Å². The lowest BCUT2D eigenvalue weighted by Crippen LogP contribution is -2.15. The molecule has 94 valence electrons. The summed E-state index contributed by atoms with van der Waals surface area (Å²) >= 11 is 0. The first-order valence-electron chi connectivity index (χ1n) is 5.57. The Morgan fingerprint density at radius 1 is 1.22 bits per heavy atom. The summed E-state index contributed by atoms with van der Waals surface area (Å²) in [5, 5.41) is 14.2. The molecule has 0 spiro atoms. The number of nitrogens with two attached hydrogens (primary N) is 1. The number of anilines is 1. The summed E-state index contributed by atoms with van der Waals surface area (Å²) in [4.78, 5) is 0. The maximum Gasteiger partial charge on any atom is 0.165 e. The third kappa shape index (κ3) is 1.62. The van der Waals surface area contributed by atoms with Crippen LogP contribution in [0, 0.1) is 0 Å². The lowest BCUT2D eigenvalue weighted by molar-refractivity contribution is 0.171. The van der Waals surface area contributed by atoms with Crippen LogP contribution in [0.4, 0.5) is 5.82 Å². The molecule has 2 aromatic rings. The van der Waals surface area contributed by atoms with Crippen molar-refractivity contribution in [3.05, 3.63) is 18.2 Å². The van der Waals surface area contributed by atoms with Crippen LogP contribution in [-0.2, 0) is 7.05 Å². The fourth-order valence-electron chi connectivity index (χ4n) is 1.90. The Bertz CT molecular complexity index is 587. The highest BCUT2D eigenvalue weighted by Gasteiger charge is 2.18. The van der Waals surface area contributed by atoms with E-state index in [1.807, 2.05) is 0 Å². The quantitative estimate of drug-likeness (QED) is 0.789. The maximum atomic E-state index is 9.99. The molecule has 0 saturated carbocycles. The van der Waals surface area contributed by atoms with E-state index >= 15 is 0 Å². The molecule has 6 heteroatoms. The molecular formula is C12H13N3O3. The number of aromatic hydroxyl groups is 1. The van der Waals surface area contributed by atoms with Crippen LogP contribution in [0.2, 0.25) is 0 Å². The number of phenols is 1. The minimum absolute atomic E-state index is 0.0948. The van der Waals surface area contributed by atoms with Gasteiger partial charge in [0.05, 0.1) is 5.69 Å². The van der Waals surface area contributed by atoms with E-state index in [0.29, 0.717) is 41.8 Å². The van der Waals surface area contributed by atoms with Gasteiger partial charge in [0.15, 0.2) is 11.5 Å². The maximum absolute atomic E-state index is 9.99. The number of ether oxygens (including phenoxy) is 2. The van der Waals surface area contributed by atoms with Crippen LogP contribution in [0.5, 0.6) is 17.2 Å². The summed E-state index contributed by atoms with van der Waals surface area (Å²) in [6.07, 6.45) is 0. The number of aryl methyl sites for hydroxylation is 1. The Hall–Kier alpha value is -2.37. The average molecular weight is 247 g/mol. The van der Waals surface area contributed by atoms with Crippen LogP contribution in [0.25, 0.3) is 11.3 Å². The largest absolute Gasteiger partial charge is 0.507 e.